The number of hydrogen-bond donors (Lipinski definition) is 0. The molecule has 0 radical (unpaired) electrons. The molecule has 54 heavy (non-hydrogen) atoms. The number of carbonyl (C=O) groups is 2. The predicted molar refractivity (Wildman–Crippen MR) is 206 cm³/mol. The summed E-state index contributed by atoms with van der Waals surface area (Å²) in [6, 6.07) is 0. The van der Waals surface area contributed by atoms with Crippen LogP contribution in [0.3, 0.4) is 0 Å². The average molecular weight is 783 g/mol. The summed E-state index contributed by atoms with van der Waals surface area (Å²) in [4.78, 5) is 23.4. The molecule has 0 amide bonds. The Morgan fingerprint density at radius 2 is 0.444 bits per heavy atom. The minimum Gasteiger partial charge on any atom is -0.463 e. The van der Waals surface area contributed by atoms with Gasteiger partial charge in [0.2, 0.25) is 0 Å². The Bertz CT molecular complexity index is 745. The van der Waals surface area contributed by atoms with Gasteiger partial charge in [0.15, 0.2) is 0 Å². The maximum Gasteiger partial charge on any atom is 0.305 e. The lowest BCUT2D eigenvalue weighted by Gasteiger charge is -2.09. The Kier molecular flexibility index (Phi) is 46.4. The number of rotatable bonds is 47. The second kappa shape index (κ2) is 47.7. The molecule has 0 saturated carbocycles. The normalized spacial score (nSPS) is 11.4. The van der Waals surface area contributed by atoms with Crippen LogP contribution >= 0.6 is 0 Å². The molecule has 0 rings (SSSR count). The zero-order valence-corrected chi connectivity index (χ0v) is 34.2. The highest BCUT2D eigenvalue weighted by Gasteiger charge is 2.04. The van der Waals surface area contributed by atoms with Crippen LogP contribution in [0.5, 0.6) is 0 Å². The molecule has 0 bridgehead atoms. The van der Waals surface area contributed by atoms with Crippen molar-refractivity contribution < 1.29 is 66.4 Å². The number of carbonyl (C=O) groups excluding carboxylic acids is 2. The van der Waals surface area contributed by atoms with Crippen LogP contribution in [0.2, 0.25) is 0 Å². The zero-order chi connectivity index (χ0) is 39.1. The van der Waals surface area contributed by atoms with Crippen LogP contribution in [-0.4, -0.2) is 157 Å². The maximum atomic E-state index is 11.7. The molecule has 0 aromatic heterocycles. The standard InChI is InChI=1S/C40H78O14/c1-3-5-7-9-10-12-14-16-40(42)54-38-36-52-34-32-50-30-28-48-26-24-46-22-20-44-18-17-43-19-21-45-23-25-47-27-29-49-31-33-51-35-37-53-39(41)15-13-11-8-6-4-2/h3-38H2,1-2H3. The quantitative estimate of drug-likeness (QED) is 0.0547. The first-order valence-electron chi connectivity index (χ1n) is 20.8. The Morgan fingerprint density at radius 1 is 0.259 bits per heavy atom. The fraction of sp³-hybridized carbons (Fsp3) is 0.950. The van der Waals surface area contributed by atoms with Gasteiger partial charge in [-0.05, 0) is 12.8 Å². The first-order chi connectivity index (χ1) is 26.7. The van der Waals surface area contributed by atoms with Gasteiger partial charge < -0.3 is 56.8 Å². The fourth-order valence-corrected chi connectivity index (χ4v) is 4.75. The lowest BCUT2D eigenvalue weighted by atomic mass is 10.1. The van der Waals surface area contributed by atoms with Crippen molar-refractivity contribution in [2.45, 2.75) is 104 Å². The first-order valence-corrected chi connectivity index (χ1v) is 20.8. The van der Waals surface area contributed by atoms with E-state index in [0.29, 0.717) is 145 Å². The Balaban J connectivity index is 3.13. The van der Waals surface area contributed by atoms with E-state index in [9.17, 15) is 9.59 Å². The van der Waals surface area contributed by atoms with Gasteiger partial charge in [0, 0.05) is 12.8 Å². The highest BCUT2D eigenvalue weighted by molar-refractivity contribution is 5.69. The summed E-state index contributed by atoms with van der Waals surface area (Å²) in [6.45, 7) is 14.4. The van der Waals surface area contributed by atoms with Gasteiger partial charge >= 0.3 is 11.9 Å². The molecule has 0 atom stereocenters. The van der Waals surface area contributed by atoms with E-state index in [1.807, 2.05) is 0 Å². The van der Waals surface area contributed by atoms with Gasteiger partial charge in [0.05, 0.1) is 132 Å². The second-order valence-corrected chi connectivity index (χ2v) is 12.6. The molecule has 322 valence electrons. The van der Waals surface area contributed by atoms with E-state index in [2.05, 4.69) is 13.8 Å². The number of ether oxygens (including phenoxy) is 12. The predicted octanol–water partition coefficient (Wildman–Crippen LogP) is 5.74. The van der Waals surface area contributed by atoms with Gasteiger partial charge in [-0.15, -0.1) is 0 Å². The van der Waals surface area contributed by atoms with Crippen molar-refractivity contribution in [3.8, 4) is 0 Å². The maximum absolute atomic E-state index is 11.7. The summed E-state index contributed by atoms with van der Waals surface area (Å²) < 4.78 is 65.1. The van der Waals surface area contributed by atoms with Crippen LogP contribution < -0.4 is 0 Å². The molecule has 0 N–H and O–H groups in total. The summed E-state index contributed by atoms with van der Waals surface area (Å²) in [5.41, 5.74) is 0. The summed E-state index contributed by atoms with van der Waals surface area (Å²) in [5.74, 6) is -0.293. The van der Waals surface area contributed by atoms with Crippen LogP contribution in [0.15, 0.2) is 0 Å². The zero-order valence-electron chi connectivity index (χ0n) is 34.2. The smallest absolute Gasteiger partial charge is 0.305 e. The van der Waals surface area contributed by atoms with E-state index < -0.39 is 0 Å². The molecule has 0 heterocycles. The van der Waals surface area contributed by atoms with E-state index in [1.54, 1.807) is 0 Å². The second-order valence-electron chi connectivity index (χ2n) is 12.6. The molecule has 0 aliphatic rings. The first kappa shape index (κ1) is 52.5. The molecule has 0 unspecified atom stereocenters. The molecule has 0 fully saturated rings. The SMILES string of the molecule is CCCCCCCCCC(=O)OCCOCCOCCOCCOCCOCCOCCOCCOCCOCCOCCOC(=O)CCCCCCC. The fourth-order valence-electron chi connectivity index (χ4n) is 4.75. The average Bonchev–Trinajstić information content (AvgIpc) is 3.17. The molecular formula is C40H78O14. The molecule has 14 nitrogen and oxygen atoms in total. The number of unbranched alkanes of at least 4 members (excludes halogenated alkanes) is 10. The van der Waals surface area contributed by atoms with Gasteiger partial charge in [-0.2, -0.15) is 0 Å². The largest absolute Gasteiger partial charge is 0.463 e. The Morgan fingerprint density at radius 3 is 0.667 bits per heavy atom. The monoisotopic (exact) mass is 783 g/mol. The highest BCUT2D eigenvalue weighted by Crippen LogP contribution is 2.09. The minimum atomic E-state index is -0.150. The van der Waals surface area contributed by atoms with Crippen molar-refractivity contribution in [3.63, 3.8) is 0 Å². The molecular weight excluding hydrogens is 704 g/mol. The van der Waals surface area contributed by atoms with Gasteiger partial charge in [0.1, 0.15) is 13.2 Å². The van der Waals surface area contributed by atoms with Crippen molar-refractivity contribution in [2.75, 3.05) is 145 Å². The van der Waals surface area contributed by atoms with Crippen LogP contribution in [0.25, 0.3) is 0 Å². The van der Waals surface area contributed by atoms with Gasteiger partial charge in [-0.1, -0.05) is 78.1 Å². The van der Waals surface area contributed by atoms with Gasteiger partial charge in [-0.25, -0.2) is 0 Å². The molecule has 0 saturated heterocycles. The third kappa shape index (κ3) is 46.7. The number of esters is 2. The molecule has 0 spiro atoms. The van der Waals surface area contributed by atoms with E-state index in [0.717, 1.165) is 25.7 Å². The van der Waals surface area contributed by atoms with E-state index in [1.165, 1.54) is 51.4 Å². The number of hydrogen-bond acceptors (Lipinski definition) is 14. The summed E-state index contributed by atoms with van der Waals surface area (Å²) in [6.07, 6.45) is 14.8. The third-order valence-corrected chi connectivity index (χ3v) is 7.80. The summed E-state index contributed by atoms with van der Waals surface area (Å²) in [5, 5.41) is 0. The molecule has 0 aromatic carbocycles. The highest BCUT2D eigenvalue weighted by atomic mass is 16.6. The minimum absolute atomic E-state index is 0.143. The summed E-state index contributed by atoms with van der Waals surface area (Å²) >= 11 is 0. The lowest BCUT2D eigenvalue weighted by Crippen LogP contribution is -2.16. The topological polar surface area (TPSA) is 145 Å². The van der Waals surface area contributed by atoms with Crippen molar-refractivity contribution in [1.82, 2.24) is 0 Å². The van der Waals surface area contributed by atoms with Gasteiger partial charge in [-0.3, -0.25) is 9.59 Å². The van der Waals surface area contributed by atoms with E-state index in [4.69, 9.17) is 56.8 Å². The van der Waals surface area contributed by atoms with E-state index >= 15 is 0 Å². The summed E-state index contributed by atoms with van der Waals surface area (Å²) in [7, 11) is 0. The Labute approximate surface area is 327 Å². The van der Waals surface area contributed by atoms with Crippen LogP contribution in [0.1, 0.15) is 104 Å². The molecule has 0 aliphatic heterocycles. The van der Waals surface area contributed by atoms with Gasteiger partial charge in [0.25, 0.3) is 0 Å². The van der Waals surface area contributed by atoms with Crippen molar-refractivity contribution >= 4 is 11.9 Å². The van der Waals surface area contributed by atoms with Crippen LogP contribution in [0.4, 0.5) is 0 Å². The Hall–Kier alpha value is -1.46. The molecule has 14 heteroatoms. The lowest BCUT2D eigenvalue weighted by molar-refractivity contribution is -0.146. The molecule has 0 aliphatic carbocycles. The van der Waals surface area contributed by atoms with Crippen molar-refractivity contribution in [2.24, 2.45) is 0 Å². The van der Waals surface area contributed by atoms with Crippen molar-refractivity contribution in [3.05, 3.63) is 0 Å². The van der Waals surface area contributed by atoms with Crippen LogP contribution in [0, 0.1) is 0 Å². The van der Waals surface area contributed by atoms with E-state index in [-0.39, 0.29) is 25.2 Å². The van der Waals surface area contributed by atoms with Crippen LogP contribution in [-0.2, 0) is 66.4 Å². The molecule has 0 aromatic rings. The third-order valence-electron chi connectivity index (χ3n) is 7.80. The van der Waals surface area contributed by atoms with Crippen molar-refractivity contribution in [1.29, 1.82) is 0 Å².